The maximum Gasteiger partial charge on any atom is 0.261 e. The van der Waals surface area contributed by atoms with Crippen LogP contribution in [0.4, 0.5) is 0 Å². The van der Waals surface area contributed by atoms with Crippen molar-refractivity contribution in [2.45, 2.75) is 0 Å². The molecule has 7 heteroatoms. The van der Waals surface area contributed by atoms with Gasteiger partial charge in [-0.25, -0.2) is 8.42 Å². The van der Waals surface area contributed by atoms with Crippen LogP contribution in [0.15, 0.2) is 0 Å². The van der Waals surface area contributed by atoms with Crippen molar-refractivity contribution in [3.63, 3.8) is 0 Å². The van der Waals surface area contributed by atoms with Crippen molar-refractivity contribution in [1.82, 2.24) is 0 Å². The molecule has 5 nitrogen and oxygen atoms in total. The van der Waals surface area contributed by atoms with Crippen LogP contribution in [0.25, 0.3) is 0 Å². The molecule has 0 saturated carbocycles. The van der Waals surface area contributed by atoms with Gasteiger partial charge in [-0.2, -0.15) is 8.42 Å². The van der Waals surface area contributed by atoms with Gasteiger partial charge in [0.15, 0.2) is 0 Å². The van der Waals surface area contributed by atoms with E-state index >= 15 is 0 Å². The van der Waals surface area contributed by atoms with Crippen LogP contribution in [-0.4, -0.2) is 40.2 Å². The average Bonchev–Trinajstić information content (AvgIpc) is 1.12. The van der Waals surface area contributed by atoms with E-state index in [1.165, 1.54) is 0 Å². The zero-order valence-corrected chi connectivity index (χ0v) is 7.53. The molecule has 64 valence electrons. The topological polar surface area (TPSA) is 88.5 Å². The number of hydrogen-bond acceptors (Lipinski definition) is 4. The second kappa shape index (κ2) is 3.89. The van der Waals surface area contributed by atoms with E-state index in [-0.39, 0.29) is 0 Å². The van der Waals surface area contributed by atoms with E-state index in [1.54, 1.807) is 0 Å². The molecule has 0 fully saturated rings. The van der Waals surface area contributed by atoms with E-state index in [1.807, 2.05) is 0 Å². The quantitative estimate of drug-likeness (QED) is 0.503. The zero-order valence-electron chi connectivity index (χ0n) is 5.90. The normalized spacial score (nSPS) is 11.6. The molecule has 1 N–H and O–H groups in total. The van der Waals surface area contributed by atoms with Gasteiger partial charge in [0.1, 0.15) is 9.84 Å². The van der Waals surface area contributed by atoms with Crippen LogP contribution >= 0.6 is 0 Å². The maximum atomic E-state index is 9.63. The lowest BCUT2D eigenvalue weighted by molar-refractivity contribution is 0.490. The summed E-state index contributed by atoms with van der Waals surface area (Å²) in [7, 11) is -6.33. The molecule has 0 aromatic carbocycles. The van der Waals surface area contributed by atoms with Crippen molar-refractivity contribution in [3.8, 4) is 0 Å². The minimum absolute atomic E-state index is 0.715. The van der Waals surface area contributed by atoms with Crippen LogP contribution < -0.4 is 0 Å². The SMILES string of the molecule is CS(=O)(=O)O.CS(C)(=O)=O. The van der Waals surface area contributed by atoms with Gasteiger partial charge in [-0.15, -0.1) is 0 Å². The Morgan fingerprint density at radius 2 is 0.900 bits per heavy atom. The van der Waals surface area contributed by atoms with Crippen molar-refractivity contribution in [2.24, 2.45) is 0 Å². The largest absolute Gasteiger partial charge is 0.286 e. The first-order valence-electron chi connectivity index (χ1n) is 2.07. The number of hydrogen-bond donors (Lipinski definition) is 1. The Morgan fingerprint density at radius 1 is 0.900 bits per heavy atom. The van der Waals surface area contributed by atoms with Crippen LogP contribution in [0.2, 0.25) is 0 Å². The smallest absolute Gasteiger partial charge is 0.261 e. The summed E-state index contributed by atoms with van der Waals surface area (Å²) in [6.45, 7) is 0. The lowest BCUT2D eigenvalue weighted by atomic mass is 11.9. The molecule has 0 bridgehead atoms. The third-order valence-electron chi connectivity index (χ3n) is 0. The van der Waals surface area contributed by atoms with Gasteiger partial charge in [0.2, 0.25) is 0 Å². The summed E-state index contributed by atoms with van der Waals surface area (Å²) >= 11 is 0. The van der Waals surface area contributed by atoms with Crippen LogP contribution in [0.3, 0.4) is 0 Å². The fourth-order valence-electron chi connectivity index (χ4n) is 0. The number of sulfone groups is 1. The predicted molar refractivity (Wildman–Crippen MR) is 38.2 cm³/mol. The first kappa shape index (κ1) is 12.5. The molecule has 0 amide bonds. The Labute approximate surface area is 60.7 Å². The van der Waals surface area contributed by atoms with Crippen molar-refractivity contribution >= 4 is 20.0 Å². The molecule has 0 rings (SSSR count). The van der Waals surface area contributed by atoms with Gasteiger partial charge in [0.25, 0.3) is 10.1 Å². The van der Waals surface area contributed by atoms with Gasteiger partial charge in [-0.05, 0) is 0 Å². The highest BCUT2D eigenvalue weighted by molar-refractivity contribution is 7.89. The summed E-state index contributed by atoms with van der Waals surface area (Å²) in [6.07, 6.45) is 3.03. The first-order chi connectivity index (χ1) is 4.00. The van der Waals surface area contributed by atoms with E-state index < -0.39 is 20.0 Å². The zero-order chi connectivity index (χ0) is 9.00. The van der Waals surface area contributed by atoms with Crippen molar-refractivity contribution in [3.05, 3.63) is 0 Å². The molecule has 0 unspecified atom stereocenters. The van der Waals surface area contributed by atoms with Gasteiger partial charge in [0.05, 0.1) is 6.26 Å². The summed E-state index contributed by atoms with van der Waals surface area (Å²) in [5.74, 6) is 0. The Morgan fingerprint density at radius 3 is 0.900 bits per heavy atom. The first-order valence-corrected chi connectivity index (χ1v) is 6.22. The molecule has 0 heterocycles. The molecule has 0 aliphatic heterocycles. The Bertz CT molecular complexity index is 211. The summed E-state index contributed by atoms with van der Waals surface area (Å²) in [5.41, 5.74) is 0. The Hall–Kier alpha value is -0.140. The maximum absolute atomic E-state index is 9.63. The average molecular weight is 190 g/mol. The second-order valence-electron chi connectivity index (χ2n) is 1.88. The van der Waals surface area contributed by atoms with Crippen LogP contribution in [-0.2, 0) is 20.0 Å². The van der Waals surface area contributed by atoms with Crippen LogP contribution in [0, 0.1) is 0 Å². The standard InChI is InChI=1S/C2H6O2S.CH4O3S/c2*1-5(2,3)4/h1-2H3;1H3,(H,2,3,4). The van der Waals surface area contributed by atoms with E-state index in [4.69, 9.17) is 4.55 Å². The lowest BCUT2D eigenvalue weighted by Crippen LogP contribution is -1.88. The van der Waals surface area contributed by atoms with Crippen molar-refractivity contribution in [2.75, 3.05) is 18.8 Å². The predicted octanol–water partition coefficient (Wildman–Crippen LogP) is -0.835. The summed E-state index contributed by atoms with van der Waals surface area (Å²) < 4.78 is 45.1. The Balaban J connectivity index is 0. The molecule has 0 atom stereocenters. The highest BCUT2D eigenvalue weighted by Crippen LogP contribution is 1.62. The molecular weight excluding hydrogens is 180 g/mol. The van der Waals surface area contributed by atoms with Crippen LogP contribution in [0.5, 0.6) is 0 Å². The third kappa shape index (κ3) is 18900. The molecule has 0 saturated heterocycles. The van der Waals surface area contributed by atoms with E-state index in [2.05, 4.69) is 0 Å². The molecule has 10 heavy (non-hydrogen) atoms. The van der Waals surface area contributed by atoms with Crippen molar-refractivity contribution < 1.29 is 21.4 Å². The molecule has 0 aromatic rings. The molecule has 0 spiro atoms. The van der Waals surface area contributed by atoms with E-state index in [9.17, 15) is 16.8 Å². The monoisotopic (exact) mass is 190 g/mol. The minimum atomic E-state index is -3.67. The lowest BCUT2D eigenvalue weighted by Gasteiger charge is -1.69. The minimum Gasteiger partial charge on any atom is -0.286 e. The molecule has 0 aliphatic carbocycles. The summed E-state index contributed by atoms with van der Waals surface area (Å²) in [4.78, 5) is 0. The van der Waals surface area contributed by atoms with Gasteiger partial charge >= 0.3 is 0 Å². The number of rotatable bonds is 0. The van der Waals surface area contributed by atoms with Gasteiger partial charge in [-0.1, -0.05) is 0 Å². The highest BCUT2D eigenvalue weighted by Gasteiger charge is 1.81. The fraction of sp³-hybridized carbons (Fsp3) is 1.00. The van der Waals surface area contributed by atoms with Gasteiger partial charge in [-0.3, -0.25) is 4.55 Å². The van der Waals surface area contributed by atoms with Gasteiger partial charge in [0, 0.05) is 12.5 Å². The second-order valence-corrected chi connectivity index (χ2v) is 5.63. The fourth-order valence-corrected chi connectivity index (χ4v) is 0. The summed E-state index contributed by atoms with van der Waals surface area (Å²) in [5, 5.41) is 0. The highest BCUT2D eigenvalue weighted by atomic mass is 32.2. The summed E-state index contributed by atoms with van der Waals surface area (Å²) in [6, 6.07) is 0. The van der Waals surface area contributed by atoms with Crippen LogP contribution in [0.1, 0.15) is 0 Å². The molecule has 0 aromatic heterocycles. The van der Waals surface area contributed by atoms with Crippen molar-refractivity contribution in [1.29, 1.82) is 0 Å². The molecule has 0 aliphatic rings. The van der Waals surface area contributed by atoms with E-state index in [0.717, 1.165) is 12.5 Å². The van der Waals surface area contributed by atoms with Gasteiger partial charge < -0.3 is 0 Å². The van der Waals surface area contributed by atoms with E-state index in [0.29, 0.717) is 6.26 Å². The molecular formula is C3H10O5S2. The Kier molecular flexibility index (Phi) is 4.88. The molecule has 0 radical (unpaired) electrons. The third-order valence-corrected chi connectivity index (χ3v) is 0.